The molecule has 3 heterocycles. The highest BCUT2D eigenvalue weighted by Gasteiger charge is 2.18. The van der Waals surface area contributed by atoms with Crippen molar-refractivity contribution in [1.29, 1.82) is 0 Å². The predicted octanol–water partition coefficient (Wildman–Crippen LogP) is 11.1. The quantitative estimate of drug-likeness (QED) is 0.140. The lowest BCUT2D eigenvalue weighted by atomic mass is 9.86. The van der Waals surface area contributed by atoms with E-state index in [2.05, 4.69) is 105 Å². The Morgan fingerprint density at radius 2 is 1.49 bits per heavy atom. The van der Waals surface area contributed by atoms with Gasteiger partial charge in [-0.15, -0.1) is 11.8 Å². The van der Waals surface area contributed by atoms with Gasteiger partial charge in [0.05, 0.1) is 22.9 Å². The van der Waals surface area contributed by atoms with Crippen LogP contribution in [0.2, 0.25) is 0 Å². The molecule has 0 aliphatic carbocycles. The van der Waals surface area contributed by atoms with Gasteiger partial charge in [0.15, 0.2) is 0 Å². The molecule has 0 aliphatic rings. The summed E-state index contributed by atoms with van der Waals surface area (Å²) in [6.45, 7) is 9.01. The van der Waals surface area contributed by atoms with Crippen LogP contribution in [-0.2, 0) is 12.8 Å². The predicted molar refractivity (Wildman–Crippen MR) is 197 cm³/mol. The third-order valence-electron chi connectivity index (χ3n) is 9.00. The fourth-order valence-electron chi connectivity index (χ4n) is 6.90. The van der Waals surface area contributed by atoms with Crippen molar-refractivity contribution in [3.8, 4) is 34.1 Å². The Morgan fingerprint density at radius 3 is 2.26 bits per heavy atom. The van der Waals surface area contributed by atoms with Crippen LogP contribution in [-0.4, -0.2) is 25.6 Å². The molecule has 0 unspecified atom stereocenters. The minimum atomic E-state index is 0.758. The van der Waals surface area contributed by atoms with E-state index in [-0.39, 0.29) is 0 Å². The van der Waals surface area contributed by atoms with E-state index in [4.69, 9.17) is 14.8 Å². The Balaban J connectivity index is 1.25. The topological polar surface area (TPSA) is 44.9 Å². The molecule has 7 rings (SSSR count). The molecule has 0 bridgehead atoms. The first-order chi connectivity index (χ1) is 23.0. The first-order valence-corrected chi connectivity index (χ1v) is 17.7. The first-order valence-electron chi connectivity index (χ1n) is 16.5. The summed E-state index contributed by atoms with van der Waals surface area (Å²) in [5.41, 5.74) is 11.3. The highest BCUT2D eigenvalue weighted by molar-refractivity contribution is 7.98. The molecule has 0 atom stereocenters. The van der Waals surface area contributed by atoms with Crippen LogP contribution in [0.25, 0.3) is 44.4 Å². The number of para-hydroxylation sites is 1. The summed E-state index contributed by atoms with van der Waals surface area (Å²) in [6.07, 6.45) is 12.5. The van der Waals surface area contributed by atoms with Crippen molar-refractivity contribution in [3.05, 3.63) is 126 Å². The molecular formula is C41H40N4OS. The number of nitrogens with zero attached hydrogens (tertiary/aromatic N) is 4. The molecule has 0 amide bonds. The molecule has 0 N–H and O–H groups in total. The minimum absolute atomic E-state index is 0.758. The number of thioether (sulfide) groups is 1. The van der Waals surface area contributed by atoms with Crippen LogP contribution in [0.15, 0.2) is 108 Å². The van der Waals surface area contributed by atoms with Gasteiger partial charge in [-0.1, -0.05) is 57.0 Å². The lowest BCUT2D eigenvalue weighted by Gasteiger charge is -2.19. The summed E-state index contributed by atoms with van der Waals surface area (Å²) in [6, 6.07) is 29.5. The normalized spacial score (nSPS) is 11.5. The number of fused-ring (bicyclic) bond motifs is 3. The van der Waals surface area contributed by atoms with Crippen LogP contribution in [0.4, 0.5) is 0 Å². The molecule has 3 aromatic heterocycles. The minimum Gasteiger partial charge on any atom is -0.457 e. The first kappa shape index (κ1) is 30.8. The molecule has 0 saturated heterocycles. The number of pyridine rings is 1. The van der Waals surface area contributed by atoms with Crippen LogP contribution >= 0.6 is 11.8 Å². The second-order valence-corrected chi connectivity index (χ2v) is 13.1. The summed E-state index contributed by atoms with van der Waals surface area (Å²) in [5, 5.41) is 7.20. The molecule has 5 nitrogen and oxygen atoms in total. The Kier molecular flexibility index (Phi) is 8.61. The Morgan fingerprint density at radius 1 is 0.745 bits per heavy atom. The molecule has 0 aliphatic heterocycles. The van der Waals surface area contributed by atoms with Gasteiger partial charge < -0.3 is 4.74 Å². The van der Waals surface area contributed by atoms with Crippen LogP contribution in [0.5, 0.6) is 11.5 Å². The van der Waals surface area contributed by atoms with Gasteiger partial charge in [0.1, 0.15) is 17.3 Å². The van der Waals surface area contributed by atoms with Gasteiger partial charge in [-0.05, 0) is 103 Å². The molecule has 236 valence electrons. The van der Waals surface area contributed by atoms with Crippen molar-refractivity contribution in [2.24, 2.45) is 0 Å². The third-order valence-corrected chi connectivity index (χ3v) is 9.73. The van der Waals surface area contributed by atoms with Crippen LogP contribution in [0, 0.1) is 13.8 Å². The van der Waals surface area contributed by atoms with Crippen molar-refractivity contribution in [2.45, 2.75) is 58.3 Å². The molecule has 0 fully saturated rings. The average Bonchev–Trinajstić information content (AvgIpc) is 3.70. The largest absolute Gasteiger partial charge is 0.457 e. The van der Waals surface area contributed by atoms with E-state index < -0.39 is 0 Å². The molecular weight excluding hydrogens is 597 g/mol. The highest BCUT2D eigenvalue weighted by atomic mass is 32.2. The fourth-order valence-corrected chi connectivity index (χ4v) is 7.32. The van der Waals surface area contributed by atoms with Crippen molar-refractivity contribution < 1.29 is 4.74 Å². The summed E-state index contributed by atoms with van der Waals surface area (Å²) >= 11 is 1.72. The fraction of sp³-hybridized carbons (Fsp3) is 0.220. The zero-order chi connectivity index (χ0) is 32.5. The SMILES string of the molecule is CCCc1c(C)cc(C)c(CCC)c1-c1cnn(-c2cccc(Oc3ccc4c5ccccc5n(-c5cc(SC)ccn5)c4c3)c2)c1. The van der Waals surface area contributed by atoms with Gasteiger partial charge >= 0.3 is 0 Å². The lowest BCUT2D eigenvalue weighted by molar-refractivity contribution is 0.483. The van der Waals surface area contributed by atoms with Crippen LogP contribution in [0.1, 0.15) is 48.9 Å². The van der Waals surface area contributed by atoms with Gasteiger partial charge in [0.2, 0.25) is 0 Å². The van der Waals surface area contributed by atoms with Gasteiger partial charge in [0.25, 0.3) is 0 Å². The molecule has 0 saturated carbocycles. The smallest absolute Gasteiger partial charge is 0.138 e. The summed E-state index contributed by atoms with van der Waals surface area (Å²) in [7, 11) is 0. The van der Waals surface area contributed by atoms with Crippen LogP contribution in [0.3, 0.4) is 0 Å². The van der Waals surface area contributed by atoms with E-state index in [1.807, 2.05) is 41.3 Å². The lowest BCUT2D eigenvalue weighted by Crippen LogP contribution is -2.02. The summed E-state index contributed by atoms with van der Waals surface area (Å²) in [4.78, 5) is 5.93. The molecule has 0 radical (unpaired) electrons. The number of aromatic nitrogens is 4. The van der Waals surface area contributed by atoms with Crippen molar-refractivity contribution in [1.82, 2.24) is 19.3 Å². The van der Waals surface area contributed by atoms with Crippen molar-refractivity contribution in [2.75, 3.05) is 6.26 Å². The maximum absolute atomic E-state index is 6.53. The second kappa shape index (κ2) is 13.1. The zero-order valence-corrected chi connectivity index (χ0v) is 28.6. The van der Waals surface area contributed by atoms with Crippen molar-refractivity contribution in [3.63, 3.8) is 0 Å². The number of ether oxygens (including phenoxy) is 1. The van der Waals surface area contributed by atoms with E-state index >= 15 is 0 Å². The Hall–Kier alpha value is -4.81. The maximum Gasteiger partial charge on any atom is 0.138 e. The zero-order valence-electron chi connectivity index (χ0n) is 27.7. The molecule has 6 heteroatoms. The highest BCUT2D eigenvalue weighted by Crippen LogP contribution is 2.37. The van der Waals surface area contributed by atoms with Crippen molar-refractivity contribution >= 4 is 33.6 Å². The van der Waals surface area contributed by atoms with E-state index in [0.717, 1.165) is 59.7 Å². The summed E-state index contributed by atoms with van der Waals surface area (Å²) in [5.74, 6) is 2.42. The molecule has 47 heavy (non-hydrogen) atoms. The average molecular weight is 637 g/mol. The number of rotatable bonds is 10. The Bertz CT molecular complexity index is 2200. The van der Waals surface area contributed by atoms with E-state index in [1.54, 1.807) is 11.8 Å². The number of benzene rings is 4. The van der Waals surface area contributed by atoms with E-state index in [1.165, 1.54) is 49.0 Å². The van der Waals surface area contributed by atoms with Gasteiger partial charge in [-0.2, -0.15) is 5.10 Å². The monoisotopic (exact) mass is 636 g/mol. The van der Waals surface area contributed by atoms with Crippen LogP contribution < -0.4 is 4.74 Å². The maximum atomic E-state index is 6.53. The third kappa shape index (κ3) is 5.83. The number of hydrogen-bond donors (Lipinski definition) is 0. The number of hydrogen-bond acceptors (Lipinski definition) is 4. The second-order valence-electron chi connectivity index (χ2n) is 12.2. The summed E-state index contributed by atoms with van der Waals surface area (Å²) < 4.78 is 10.7. The standard InChI is InChI=1S/C41H40N4OS/c1-6-11-34-27(3)21-28(4)35(12-7-2)41(34)29-25-43-44(26-29)30-13-10-14-31(22-30)46-32-17-18-37-36-15-8-9-16-38(36)45(39(37)23-32)40-24-33(47-5)19-20-42-40/h8-10,13-26H,6-7,11-12H2,1-5H3. The van der Waals surface area contributed by atoms with Gasteiger partial charge in [0, 0.05) is 45.8 Å². The van der Waals surface area contributed by atoms with Gasteiger partial charge in [-0.3, -0.25) is 4.57 Å². The van der Waals surface area contributed by atoms with E-state index in [0.29, 0.717) is 0 Å². The Labute approximate surface area is 281 Å². The molecule has 4 aromatic carbocycles. The number of aryl methyl sites for hydroxylation is 2. The molecule has 7 aromatic rings. The van der Waals surface area contributed by atoms with Gasteiger partial charge in [-0.25, -0.2) is 9.67 Å². The van der Waals surface area contributed by atoms with E-state index in [9.17, 15) is 0 Å². The molecule has 0 spiro atoms.